The number of pyridine rings is 2. The number of carbonyl (C=O) groups excluding carboxylic acids is 1. The summed E-state index contributed by atoms with van der Waals surface area (Å²) in [6.07, 6.45) is -9.71. The van der Waals surface area contributed by atoms with E-state index in [-0.39, 0.29) is 41.3 Å². The van der Waals surface area contributed by atoms with Crippen molar-refractivity contribution in [3.8, 4) is 17.2 Å². The Morgan fingerprint density at radius 1 is 0.926 bits per heavy atom. The van der Waals surface area contributed by atoms with Crippen molar-refractivity contribution < 1.29 is 57.4 Å². The number of hydrogen-bond acceptors (Lipinski definition) is 12. The zero-order valence-electron chi connectivity index (χ0n) is 28.1. The highest BCUT2D eigenvalue weighted by Gasteiger charge is 2.48. The number of benzene rings is 2. The van der Waals surface area contributed by atoms with Crippen LogP contribution in [0.25, 0.3) is 16.7 Å². The molecule has 0 saturated carbocycles. The Hall–Kier alpha value is -5.95. The lowest BCUT2D eigenvalue weighted by Crippen LogP contribution is -2.61. The number of aromatic nitrogens is 4. The molecule has 18 heteroatoms. The van der Waals surface area contributed by atoms with Gasteiger partial charge in [-0.05, 0) is 72.6 Å². The van der Waals surface area contributed by atoms with Gasteiger partial charge in [0.1, 0.15) is 35.6 Å². The number of rotatable bonds is 11. The quantitative estimate of drug-likeness (QED) is 0.153. The van der Waals surface area contributed by atoms with Crippen molar-refractivity contribution >= 4 is 22.9 Å². The van der Waals surface area contributed by atoms with Crippen molar-refractivity contribution in [1.29, 1.82) is 0 Å². The van der Waals surface area contributed by atoms with E-state index in [1.807, 2.05) is 0 Å². The van der Waals surface area contributed by atoms with E-state index in [1.165, 1.54) is 58.1 Å². The molecule has 0 spiro atoms. The summed E-state index contributed by atoms with van der Waals surface area (Å²) in [4.78, 5) is 54.2. The third-order valence-corrected chi connectivity index (χ3v) is 8.58. The second-order valence-electron chi connectivity index (χ2n) is 12.3. The fraction of sp³-hybridized carbons (Fsp3) is 0.278. The molecule has 4 N–H and O–H groups in total. The zero-order valence-corrected chi connectivity index (χ0v) is 28.1. The fourth-order valence-corrected chi connectivity index (χ4v) is 5.88. The summed E-state index contributed by atoms with van der Waals surface area (Å²) in [5, 5.41) is 40.1. The minimum Gasteiger partial charge on any atom is -0.479 e. The van der Waals surface area contributed by atoms with Crippen LogP contribution in [0.4, 0.5) is 13.2 Å². The van der Waals surface area contributed by atoms with Crippen LogP contribution < -0.4 is 15.0 Å². The number of carbonyl (C=O) groups is 2. The van der Waals surface area contributed by atoms with Crippen LogP contribution in [-0.4, -0.2) is 93.8 Å². The van der Waals surface area contributed by atoms with E-state index < -0.39 is 66.3 Å². The van der Waals surface area contributed by atoms with Gasteiger partial charge in [-0.1, -0.05) is 18.2 Å². The van der Waals surface area contributed by atoms with E-state index in [0.29, 0.717) is 11.1 Å². The standard InChI is InChI=1S/C36H32F3N5O10/c1-19(43(18-21-4-2-14-40-17-21)26(45)16-20-6-10-24(11-7-20)54-36(37,38)39)32-42-31-25(5-3-15-41-31)33(49)44(32)22-8-12-23(13-9-22)52-35-29(48)27(46)28(47)30(53-35)34(50)51/h2-15,17,19,27-30,35,46-48H,16,18H2,1H3,(H,50,51)/t19-,27+,28+,29-,30+,35+/m1/s1. The van der Waals surface area contributed by atoms with Crippen molar-refractivity contribution in [1.82, 2.24) is 24.4 Å². The van der Waals surface area contributed by atoms with Gasteiger partial charge in [0.15, 0.2) is 11.8 Å². The van der Waals surface area contributed by atoms with Crippen LogP contribution in [0.5, 0.6) is 11.5 Å². The second kappa shape index (κ2) is 15.6. The lowest BCUT2D eigenvalue weighted by molar-refractivity contribution is -0.274. The largest absolute Gasteiger partial charge is 0.573 e. The molecule has 6 rings (SSSR count). The summed E-state index contributed by atoms with van der Waals surface area (Å²) in [6, 6.07) is 16.2. The van der Waals surface area contributed by atoms with Crippen LogP contribution >= 0.6 is 0 Å². The topological polar surface area (TPSA) is 207 Å². The summed E-state index contributed by atoms with van der Waals surface area (Å²) >= 11 is 0. The molecular formula is C36H32F3N5O10. The van der Waals surface area contributed by atoms with E-state index in [4.69, 9.17) is 14.5 Å². The number of hydrogen-bond donors (Lipinski definition) is 4. The first-order chi connectivity index (χ1) is 25.7. The molecule has 2 aromatic carbocycles. The number of halogens is 3. The predicted octanol–water partition coefficient (Wildman–Crippen LogP) is 2.68. The van der Waals surface area contributed by atoms with Crippen molar-refractivity contribution in [2.75, 3.05) is 0 Å². The van der Waals surface area contributed by atoms with E-state index in [9.17, 15) is 48.0 Å². The van der Waals surface area contributed by atoms with Crippen LogP contribution in [-0.2, 0) is 27.3 Å². The molecule has 5 aromatic rings. The highest BCUT2D eigenvalue weighted by atomic mass is 19.4. The van der Waals surface area contributed by atoms with Crippen molar-refractivity contribution in [3.05, 3.63) is 119 Å². The van der Waals surface area contributed by atoms with Crippen LogP contribution in [0.1, 0.15) is 29.9 Å². The molecule has 54 heavy (non-hydrogen) atoms. The average molecular weight is 752 g/mol. The summed E-state index contributed by atoms with van der Waals surface area (Å²) in [7, 11) is 0. The first-order valence-electron chi connectivity index (χ1n) is 16.3. The van der Waals surface area contributed by atoms with Gasteiger partial charge in [0.25, 0.3) is 5.56 Å². The van der Waals surface area contributed by atoms with Crippen LogP contribution in [0, 0.1) is 0 Å². The monoisotopic (exact) mass is 751 g/mol. The van der Waals surface area contributed by atoms with E-state index in [2.05, 4.69) is 14.7 Å². The number of aliphatic carboxylic acids is 1. The Morgan fingerprint density at radius 2 is 1.61 bits per heavy atom. The van der Waals surface area contributed by atoms with Gasteiger partial charge >= 0.3 is 12.3 Å². The Balaban J connectivity index is 1.35. The Kier molecular flexibility index (Phi) is 10.9. The van der Waals surface area contributed by atoms with Crippen molar-refractivity contribution in [3.63, 3.8) is 0 Å². The molecule has 15 nitrogen and oxygen atoms in total. The molecule has 1 amide bonds. The molecule has 0 aliphatic carbocycles. The average Bonchev–Trinajstić information content (AvgIpc) is 3.14. The first kappa shape index (κ1) is 37.8. The van der Waals surface area contributed by atoms with Gasteiger partial charge in [-0.2, -0.15) is 0 Å². The Bertz CT molecular complexity index is 2170. The fourth-order valence-electron chi connectivity index (χ4n) is 5.88. The number of fused-ring (bicyclic) bond motifs is 1. The van der Waals surface area contributed by atoms with Gasteiger partial charge in [0.05, 0.1) is 23.5 Å². The zero-order chi connectivity index (χ0) is 38.7. The number of ether oxygens (including phenoxy) is 3. The van der Waals surface area contributed by atoms with E-state index >= 15 is 0 Å². The number of aliphatic hydroxyl groups excluding tert-OH is 3. The molecule has 1 fully saturated rings. The molecule has 0 radical (unpaired) electrons. The first-order valence-corrected chi connectivity index (χ1v) is 16.3. The van der Waals surface area contributed by atoms with Crippen molar-refractivity contribution in [2.24, 2.45) is 0 Å². The molecule has 0 bridgehead atoms. The molecule has 4 heterocycles. The van der Waals surface area contributed by atoms with Crippen molar-refractivity contribution in [2.45, 2.75) is 63.0 Å². The molecule has 3 aromatic heterocycles. The van der Waals surface area contributed by atoms with Crippen LogP contribution in [0.3, 0.4) is 0 Å². The highest BCUT2D eigenvalue weighted by Crippen LogP contribution is 2.29. The molecule has 282 valence electrons. The molecule has 1 aliphatic heterocycles. The van der Waals surface area contributed by atoms with Gasteiger partial charge < -0.3 is 39.5 Å². The Morgan fingerprint density at radius 3 is 2.26 bits per heavy atom. The Labute approximate surface area is 303 Å². The highest BCUT2D eigenvalue weighted by molar-refractivity contribution is 5.79. The SMILES string of the molecule is C[C@H](c1nc2ncccc2c(=O)n1-c1ccc(O[C@H]2O[C@H](C(=O)O)[C@@H](O)[C@H](O)[C@H]2O)cc1)N(Cc1cccnc1)C(=O)Cc1ccc(OC(F)(F)F)cc1. The molecule has 1 saturated heterocycles. The van der Waals surface area contributed by atoms with Gasteiger partial charge in [-0.15, -0.1) is 13.2 Å². The minimum absolute atomic E-state index is 0.00755. The summed E-state index contributed by atoms with van der Waals surface area (Å²) in [6.45, 7) is 1.66. The summed E-state index contributed by atoms with van der Waals surface area (Å²) in [5.41, 5.74) is 0.848. The minimum atomic E-state index is -4.88. The molecule has 1 aliphatic rings. The molecule has 6 atom stereocenters. The smallest absolute Gasteiger partial charge is 0.479 e. The van der Waals surface area contributed by atoms with E-state index in [1.54, 1.807) is 37.5 Å². The maximum Gasteiger partial charge on any atom is 0.573 e. The summed E-state index contributed by atoms with van der Waals surface area (Å²) < 4.78 is 54.2. The molecule has 0 unspecified atom stereocenters. The van der Waals surface area contributed by atoms with Crippen LogP contribution in [0.2, 0.25) is 0 Å². The third-order valence-electron chi connectivity index (χ3n) is 8.58. The number of carboxylic acids is 1. The van der Waals surface area contributed by atoms with Gasteiger partial charge in [0, 0.05) is 25.1 Å². The number of carboxylic acid groups (broad SMARTS) is 1. The maximum atomic E-state index is 14.1. The third kappa shape index (κ3) is 8.31. The predicted molar refractivity (Wildman–Crippen MR) is 180 cm³/mol. The summed E-state index contributed by atoms with van der Waals surface area (Å²) in [5.74, 6) is -2.36. The molecular weight excluding hydrogens is 719 g/mol. The van der Waals surface area contributed by atoms with Gasteiger partial charge in [-0.25, -0.2) is 14.8 Å². The normalized spacial score (nSPS) is 20.6. The second-order valence-corrected chi connectivity index (χ2v) is 12.3. The maximum absolute atomic E-state index is 14.1. The van der Waals surface area contributed by atoms with Gasteiger partial charge in [-0.3, -0.25) is 19.1 Å². The number of alkyl halides is 3. The lowest BCUT2D eigenvalue weighted by atomic mass is 9.99. The lowest BCUT2D eigenvalue weighted by Gasteiger charge is -2.38. The number of nitrogens with zero attached hydrogens (tertiary/aromatic N) is 5. The van der Waals surface area contributed by atoms with Gasteiger partial charge in [0.2, 0.25) is 12.2 Å². The number of aliphatic hydroxyl groups is 3. The number of amides is 1. The van der Waals surface area contributed by atoms with E-state index in [0.717, 1.165) is 12.1 Å². The van der Waals surface area contributed by atoms with Crippen LogP contribution in [0.15, 0.2) is 96.2 Å².